The van der Waals surface area contributed by atoms with Crippen LogP contribution in [0.4, 0.5) is 13.2 Å². The number of alkyl halides is 3. The minimum atomic E-state index is -4.54. The second-order valence-electron chi connectivity index (χ2n) is 6.08. The summed E-state index contributed by atoms with van der Waals surface area (Å²) in [6.07, 6.45) is -5.05. The number of halogens is 3. The molecular formula is C16H17F3N2O4. The number of rotatable bonds is 2. The molecule has 0 saturated carbocycles. The molecule has 1 fully saturated rings. The van der Waals surface area contributed by atoms with Crippen LogP contribution in [0.2, 0.25) is 0 Å². The van der Waals surface area contributed by atoms with E-state index in [0.717, 1.165) is 18.2 Å². The van der Waals surface area contributed by atoms with Crippen LogP contribution < -0.4 is 4.74 Å². The van der Waals surface area contributed by atoms with Gasteiger partial charge >= 0.3 is 6.18 Å². The monoisotopic (exact) mass is 358 g/mol. The highest BCUT2D eigenvalue weighted by Crippen LogP contribution is 2.36. The largest absolute Gasteiger partial charge is 0.486 e. The lowest BCUT2D eigenvalue weighted by molar-refractivity contribution is -0.137. The van der Waals surface area contributed by atoms with Crippen molar-refractivity contribution in [2.75, 3.05) is 33.9 Å². The number of carbonyl (C=O) groups is 2. The number of amides is 2. The number of hydrogen-bond donors (Lipinski definition) is 0. The van der Waals surface area contributed by atoms with Gasteiger partial charge in [0.2, 0.25) is 5.91 Å². The first-order chi connectivity index (χ1) is 11.7. The SMILES string of the molecule is COCC(=O)N1C[C@@H]2Oc3ccc(C(F)(F)F)cc3C(=O)N(C)[C@@H]2C1. The summed E-state index contributed by atoms with van der Waals surface area (Å²) in [4.78, 5) is 27.5. The molecule has 0 spiro atoms. The van der Waals surface area contributed by atoms with Gasteiger partial charge in [0.15, 0.2) is 0 Å². The summed E-state index contributed by atoms with van der Waals surface area (Å²) < 4.78 is 49.3. The molecule has 0 N–H and O–H groups in total. The van der Waals surface area contributed by atoms with E-state index in [1.54, 1.807) is 0 Å². The van der Waals surface area contributed by atoms with Gasteiger partial charge in [-0.3, -0.25) is 9.59 Å². The summed E-state index contributed by atoms with van der Waals surface area (Å²) in [5.41, 5.74) is -1.03. The molecule has 2 amide bonds. The Kier molecular flexibility index (Phi) is 4.36. The van der Waals surface area contributed by atoms with E-state index in [4.69, 9.17) is 9.47 Å². The van der Waals surface area contributed by atoms with Gasteiger partial charge in [-0.05, 0) is 18.2 Å². The van der Waals surface area contributed by atoms with Crippen LogP contribution >= 0.6 is 0 Å². The zero-order valence-electron chi connectivity index (χ0n) is 13.7. The molecule has 9 heteroatoms. The molecule has 0 aliphatic carbocycles. The van der Waals surface area contributed by atoms with Crippen LogP contribution in [0, 0.1) is 0 Å². The smallest absolute Gasteiger partial charge is 0.416 e. The van der Waals surface area contributed by atoms with Gasteiger partial charge in [0.05, 0.1) is 23.7 Å². The van der Waals surface area contributed by atoms with Crippen molar-refractivity contribution < 1.29 is 32.2 Å². The Morgan fingerprint density at radius 2 is 2.08 bits per heavy atom. The molecule has 0 aromatic heterocycles. The molecule has 136 valence electrons. The summed E-state index contributed by atoms with van der Waals surface area (Å²) in [5, 5.41) is 0. The standard InChI is InChI=1S/C16H17F3N2O4/c1-20-11-6-21(14(22)8-24-2)7-13(11)25-12-4-3-9(16(17,18)19)5-10(12)15(20)23/h3-5,11,13H,6-8H2,1-2H3/t11-,13+/m1/s1. The van der Waals surface area contributed by atoms with Gasteiger partial charge in [-0.15, -0.1) is 0 Å². The Morgan fingerprint density at radius 1 is 1.36 bits per heavy atom. The van der Waals surface area contributed by atoms with Gasteiger partial charge in [0.25, 0.3) is 5.91 Å². The summed E-state index contributed by atoms with van der Waals surface area (Å²) >= 11 is 0. The van der Waals surface area contributed by atoms with E-state index in [-0.39, 0.29) is 36.9 Å². The maximum Gasteiger partial charge on any atom is 0.416 e. The molecule has 2 atom stereocenters. The molecule has 0 bridgehead atoms. The lowest BCUT2D eigenvalue weighted by atomic mass is 10.1. The molecule has 2 heterocycles. The maximum absolute atomic E-state index is 12.9. The molecule has 2 aliphatic heterocycles. The van der Waals surface area contributed by atoms with Crippen LogP contribution in [0.3, 0.4) is 0 Å². The second-order valence-corrected chi connectivity index (χ2v) is 6.08. The van der Waals surface area contributed by atoms with Crippen LogP contribution in [0.25, 0.3) is 0 Å². The fourth-order valence-corrected chi connectivity index (χ4v) is 3.14. The predicted molar refractivity (Wildman–Crippen MR) is 80.2 cm³/mol. The summed E-state index contributed by atoms with van der Waals surface area (Å²) in [7, 11) is 2.91. The Balaban J connectivity index is 1.91. The normalized spacial score (nSPS) is 23.0. The third kappa shape index (κ3) is 3.15. The molecule has 0 radical (unpaired) electrons. The van der Waals surface area contributed by atoms with E-state index in [0.29, 0.717) is 0 Å². The van der Waals surface area contributed by atoms with Crippen molar-refractivity contribution in [2.24, 2.45) is 0 Å². The highest BCUT2D eigenvalue weighted by molar-refractivity contribution is 5.97. The Bertz CT molecular complexity index is 707. The van der Waals surface area contributed by atoms with E-state index in [2.05, 4.69) is 0 Å². The number of carbonyl (C=O) groups excluding carboxylic acids is 2. The number of fused-ring (bicyclic) bond motifs is 2. The average molecular weight is 358 g/mol. The number of benzene rings is 1. The van der Waals surface area contributed by atoms with E-state index in [1.807, 2.05) is 0 Å². The van der Waals surface area contributed by atoms with Crippen molar-refractivity contribution in [3.05, 3.63) is 29.3 Å². The third-order valence-electron chi connectivity index (χ3n) is 4.49. The first kappa shape index (κ1) is 17.5. The van der Waals surface area contributed by atoms with Crippen molar-refractivity contribution in [2.45, 2.75) is 18.3 Å². The molecule has 3 rings (SSSR count). The van der Waals surface area contributed by atoms with Gasteiger partial charge in [0.1, 0.15) is 18.5 Å². The minimum absolute atomic E-state index is 0.0807. The summed E-state index contributed by atoms with van der Waals surface area (Å²) in [6.45, 7) is 0.406. The number of ether oxygens (including phenoxy) is 2. The molecule has 25 heavy (non-hydrogen) atoms. The van der Waals surface area contributed by atoms with Crippen LogP contribution in [0.15, 0.2) is 18.2 Å². The van der Waals surface area contributed by atoms with E-state index < -0.39 is 29.8 Å². The minimum Gasteiger partial charge on any atom is -0.486 e. The van der Waals surface area contributed by atoms with Crippen LogP contribution in [-0.4, -0.2) is 67.6 Å². The van der Waals surface area contributed by atoms with Crippen molar-refractivity contribution in [3.63, 3.8) is 0 Å². The predicted octanol–water partition coefficient (Wildman–Crippen LogP) is 1.40. The van der Waals surface area contributed by atoms with Crippen molar-refractivity contribution in [1.29, 1.82) is 0 Å². The number of likely N-dealkylation sites (N-methyl/N-ethyl adjacent to an activating group) is 1. The van der Waals surface area contributed by atoms with Gasteiger partial charge in [-0.25, -0.2) is 0 Å². The van der Waals surface area contributed by atoms with Crippen molar-refractivity contribution in [3.8, 4) is 5.75 Å². The van der Waals surface area contributed by atoms with E-state index in [1.165, 1.54) is 24.0 Å². The number of hydrogen-bond acceptors (Lipinski definition) is 4. The Labute approximate surface area is 142 Å². The second kappa shape index (κ2) is 6.21. The topological polar surface area (TPSA) is 59.1 Å². The highest BCUT2D eigenvalue weighted by Gasteiger charge is 2.44. The number of methoxy groups -OCH3 is 1. The van der Waals surface area contributed by atoms with Gasteiger partial charge in [0, 0.05) is 20.7 Å². The quantitative estimate of drug-likeness (QED) is 0.802. The lowest BCUT2D eigenvalue weighted by Crippen LogP contribution is -2.44. The van der Waals surface area contributed by atoms with E-state index in [9.17, 15) is 22.8 Å². The first-order valence-electron chi connectivity index (χ1n) is 7.64. The Hall–Kier alpha value is -2.29. The first-order valence-corrected chi connectivity index (χ1v) is 7.64. The molecular weight excluding hydrogens is 341 g/mol. The van der Waals surface area contributed by atoms with Crippen molar-refractivity contribution >= 4 is 11.8 Å². The molecule has 1 aromatic rings. The van der Waals surface area contributed by atoms with Crippen molar-refractivity contribution in [1.82, 2.24) is 9.80 Å². The highest BCUT2D eigenvalue weighted by atomic mass is 19.4. The van der Waals surface area contributed by atoms with Gasteiger partial charge in [-0.1, -0.05) is 0 Å². The molecule has 0 unspecified atom stereocenters. The zero-order valence-corrected chi connectivity index (χ0v) is 13.7. The molecule has 1 aromatic carbocycles. The van der Waals surface area contributed by atoms with Crippen LogP contribution in [-0.2, 0) is 15.7 Å². The summed E-state index contributed by atoms with van der Waals surface area (Å²) in [5.74, 6) is -0.694. The van der Waals surface area contributed by atoms with Gasteiger partial charge < -0.3 is 19.3 Å². The van der Waals surface area contributed by atoms with E-state index >= 15 is 0 Å². The van der Waals surface area contributed by atoms with Crippen LogP contribution in [0.1, 0.15) is 15.9 Å². The summed E-state index contributed by atoms with van der Waals surface area (Å²) in [6, 6.07) is 2.42. The molecule has 1 saturated heterocycles. The molecule has 6 nitrogen and oxygen atoms in total. The number of likely N-dealkylation sites (tertiary alicyclic amines) is 1. The number of nitrogens with zero attached hydrogens (tertiary/aromatic N) is 2. The lowest BCUT2D eigenvalue weighted by Gasteiger charge is -2.25. The fraction of sp³-hybridized carbons (Fsp3) is 0.500. The average Bonchev–Trinajstić information content (AvgIpc) is 2.93. The third-order valence-corrected chi connectivity index (χ3v) is 4.49. The molecule has 2 aliphatic rings. The van der Waals surface area contributed by atoms with Crippen LogP contribution in [0.5, 0.6) is 5.75 Å². The fourth-order valence-electron chi connectivity index (χ4n) is 3.14. The van der Waals surface area contributed by atoms with Gasteiger partial charge in [-0.2, -0.15) is 13.2 Å². The Morgan fingerprint density at radius 3 is 2.72 bits per heavy atom. The maximum atomic E-state index is 12.9. The zero-order chi connectivity index (χ0) is 18.4.